The highest BCUT2D eigenvalue weighted by Gasteiger charge is 2.57. The van der Waals surface area contributed by atoms with Gasteiger partial charge in [-0.1, -0.05) is 24.3 Å². The number of hydrogen-bond acceptors (Lipinski definition) is 8. The molecule has 0 spiro atoms. The molecule has 4 rings (SSSR count). The van der Waals surface area contributed by atoms with Crippen molar-refractivity contribution < 1.29 is 33.8 Å². The van der Waals surface area contributed by atoms with E-state index in [2.05, 4.69) is 10.3 Å². The second-order valence-electron chi connectivity index (χ2n) is 10.7. The third-order valence-corrected chi connectivity index (χ3v) is 6.55. The fraction of sp³-hybridized carbons (Fsp3) is 0.444. The van der Waals surface area contributed by atoms with Gasteiger partial charge in [-0.3, -0.25) is 14.4 Å². The Labute approximate surface area is 220 Å². The van der Waals surface area contributed by atoms with E-state index < -0.39 is 36.2 Å². The molecule has 1 aromatic carbocycles. The molecule has 1 aromatic heterocycles. The number of ether oxygens (including phenoxy) is 2. The number of fused-ring (bicyclic) bond motifs is 1. The van der Waals surface area contributed by atoms with Gasteiger partial charge in [0, 0.05) is 13.2 Å². The number of aromatic nitrogens is 2. The number of amides is 2. The molecule has 202 valence electrons. The fourth-order valence-electron chi connectivity index (χ4n) is 4.61. The molecule has 2 aliphatic rings. The molecule has 2 aliphatic heterocycles. The van der Waals surface area contributed by atoms with E-state index in [1.165, 1.54) is 4.90 Å². The molecule has 11 heteroatoms. The van der Waals surface area contributed by atoms with Gasteiger partial charge in [0.15, 0.2) is 5.82 Å². The predicted molar refractivity (Wildman–Crippen MR) is 136 cm³/mol. The first-order valence-electron chi connectivity index (χ1n) is 12.3. The molecule has 3 atom stereocenters. The van der Waals surface area contributed by atoms with Gasteiger partial charge >= 0.3 is 11.9 Å². The Kier molecular flexibility index (Phi) is 7.41. The highest BCUT2D eigenvalue weighted by atomic mass is 16.7. The topological polar surface area (TPSA) is 140 Å². The van der Waals surface area contributed by atoms with Crippen molar-refractivity contribution in [3.63, 3.8) is 0 Å². The minimum Gasteiger partial charge on any atom is -0.427 e. The van der Waals surface area contributed by atoms with Crippen molar-refractivity contribution >= 4 is 35.1 Å². The van der Waals surface area contributed by atoms with Crippen LogP contribution in [-0.2, 0) is 42.1 Å². The van der Waals surface area contributed by atoms with Gasteiger partial charge < -0.3 is 29.4 Å². The predicted octanol–water partition coefficient (Wildman–Crippen LogP) is 2.01. The van der Waals surface area contributed by atoms with E-state index in [4.69, 9.17) is 9.47 Å². The number of carbonyl (C=O) groups is 4. The van der Waals surface area contributed by atoms with Gasteiger partial charge in [0.25, 0.3) is 0 Å². The average Bonchev–Trinajstić information content (AvgIpc) is 3.39. The number of imidazole rings is 1. The molecule has 11 nitrogen and oxygen atoms in total. The van der Waals surface area contributed by atoms with E-state index in [1.807, 2.05) is 0 Å². The number of β-lactam (4-membered cyclic amide) rings is 1. The summed E-state index contributed by atoms with van der Waals surface area (Å²) in [7, 11) is 1.81. The lowest BCUT2D eigenvalue weighted by Gasteiger charge is -2.44. The van der Waals surface area contributed by atoms with Crippen LogP contribution in [0.3, 0.4) is 0 Å². The van der Waals surface area contributed by atoms with Gasteiger partial charge in [0.05, 0.1) is 36.2 Å². The van der Waals surface area contributed by atoms with Gasteiger partial charge in [0.2, 0.25) is 18.6 Å². The average molecular weight is 525 g/mol. The standard InChI is InChI=1S/C27H32N4O7/c1-15(32)22-19-11-18(23(31(19)24(22)34)25(35)37-14-38-26(36)27(2,3)4)17-8-6-16(7-9-17)10-21(33)29-20-12-30(5)13-28-20/h6-9,12-13,15,19,22,32H,10-11,14H2,1-5H3,(H,29,33)/t15-,19-,22-/m1/s1. The van der Waals surface area contributed by atoms with Gasteiger partial charge in [-0.2, -0.15) is 0 Å². The minimum absolute atomic E-state index is 0.0735. The molecule has 0 bridgehead atoms. The van der Waals surface area contributed by atoms with E-state index in [0.29, 0.717) is 23.4 Å². The van der Waals surface area contributed by atoms with E-state index in [-0.39, 0.29) is 30.0 Å². The molecule has 2 aromatic rings. The zero-order valence-corrected chi connectivity index (χ0v) is 22.1. The molecule has 0 unspecified atom stereocenters. The number of carbonyl (C=O) groups excluding carboxylic acids is 4. The van der Waals surface area contributed by atoms with Crippen LogP contribution in [0, 0.1) is 11.3 Å². The number of benzene rings is 1. The SMILES string of the molecule is C[C@@H](O)[C@H]1C(=O)N2C(C(=O)OCOC(=O)C(C)(C)C)=C(c3ccc(CC(=O)Nc4cn(C)cn4)cc3)C[C@H]12. The summed E-state index contributed by atoms with van der Waals surface area (Å²) < 4.78 is 12.0. The van der Waals surface area contributed by atoms with Crippen LogP contribution in [0.4, 0.5) is 5.82 Å². The Balaban J connectivity index is 1.51. The number of aliphatic hydroxyl groups is 1. The summed E-state index contributed by atoms with van der Waals surface area (Å²) >= 11 is 0. The van der Waals surface area contributed by atoms with Crippen LogP contribution in [-0.4, -0.2) is 62.2 Å². The van der Waals surface area contributed by atoms with Crippen LogP contribution in [0.2, 0.25) is 0 Å². The number of esters is 2. The van der Waals surface area contributed by atoms with Crippen LogP contribution in [0.5, 0.6) is 0 Å². The molecule has 3 heterocycles. The van der Waals surface area contributed by atoms with Crippen molar-refractivity contribution in [2.75, 3.05) is 12.1 Å². The Morgan fingerprint density at radius 2 is 1.87 bits per heavy atom. The molecule has 1 saturated heterocycles. The quantitative estimate of drug-likeness (QED) is 0.304. The number of hydrogen-bond donors (Lipinski definition) is 2. The fourth-order valence-corrected chi connectivity index (χ4v) is 4.61. The number of nitrogens with one attached hydrogen (secondary N) is 1. The summed E-state index contributed by atoms with van der Waals surface area (Å²) in [6.45, 7) is 6.01. The van der Waals surface area contributed by atoms with Crippen molar-refractivity contribution in [1.29, 1.82) is 0 Å². The summed E-state index contributed by atoms with van der Waals surface area (Å²) in [4.78, 5) is 55.7. The highest BCUT2D eigenvalue weighted by Crippen LogP contribution is 2.47. The third kappa shape index (κ3) is 5.47. The molecule has 0 radical (unpaired) electrons. The third-order valence-electron chi connectivity index (χ3n) is 6.55. The van der Waals surface area contributed by atoms with Crippen molar-refractivity contribution in [3.8, 4) is 0 Å². The maximum absolute atomic E-state index is 13.1. The van der Waals surface area contributed by atoms with Crippen LogP contribution < -0.4 is 5.32 Å². The van der Waals surface area contributed by atoms with Crippen molar-refractivity contribution in [2.24, 2.45) is 18.4 Å². The molecule has 0 aliphatic carbocycles. The monoisotopic (exact) mass is 524 g/mol. The lowest BCUT2D eigenvalue weighted by Crippen LogP contribution is -2.61. The Morgan fingerprint density at radius 1 is 1.18 bits per heavy atom. The summed E-state index contributed by atoms with van der Waals surface area (Å²) in [6, 6.07) is 6.73. The van der Waals surface area contributed by atoms with Crippen molar-refractivity contribution in [2.45, 2.75) is 52.7 Å². The van der Waals surface area contributed by atoms with E-state index in [9.17, 15) is 24.3 Å². The lowest BCUT2D eigenvalue weighted by molar-refractivity contribution is -0.175. The summed E-state index contributed by atoms with van der Waals surface area (Å²) in [5, 5.41) is 12.8. The first-order chi connectivity index (χ1) is 17.9. The zero-order valence-electron chi connectivity index (χ0n) is 22.1. The van der Waals surface area contributed by atoms with Gasteiger partial charge in [0.1, 0.15) is 5.70 Å². The van der Waals surface area contributed by atoms with Gasteiger partial charge in [-0.15, -0.1) is 0 Å². The van der Waals surface area contributed by atoms with Gasteiger partial charge in [-0.25, -0.2) is 9.78 Å². The van der Waals surface area contributed by atoms with E-state index >= 15 is 0 Å². The summed E-state index contributed by atoms with van der Waals surface area (Å²) in [6.07, 6.45) is 2.90. The van der Waals surface area contributed by atoms with Crippen LogP contribution in [0.1, 0.15) is 45.2 Å². The Hall–Kier alpha value is -3.99. The Morgan fingerprint density at radius 3 is 2.45 bits per heavy atom. The maximum Gasteiger partial charge on any atom is 0.358 e. The number of aryl methyl sites for hydroxylation is 1. The smallest absolute Gasteiger partial charge is 0.358 e. The van der Waals surface area contributed by atoms with Crippen LogP contribution in [0.25, 0.3) is 5.57 Å². The summed E-state index contributed by atoms with van der Waals surface area (Å²) in [5.41, 5.74) is 1.33. The first-order valence-corrected chi connectivity index (χ1v) is 12.3. The first kappa shape index (κ1) is 27.1. The molecule has 1 fully saturated rings. The molecule has 2 N–H and O–H groups in total. The molecule has 38 heavy (non-hydrogen) atoms. The normalized spacial score (nSPS) is 19.5. The van der Waals surface area contributed by atoms with Crippen LogP contribution in [0.15, 0.2) is 42.5 Å². The largest absolute Gasteiger partial charge is 0.427 e. The molecular weight excluding hydrogens is 492 g/mol. The molecule has 2 amide bonds. The Bertz CT molecular complexity index is 1290. The maximum atomic E-state index is 13.1. The van der Waals surface area contributed by atoms with Crippen LogP contribution >= 0.6 is 0 Å². The highest BCUT2D eigenvalue weighted by molar-refractivity contribution is 6.06. The molecule has 0 saturated carbocycles. The zero-order chi connectivity index (χ0) is 27.8. The van der Waals surface area contributed by atoms with Gasteiger partial charge in [-0.05, 0) is 50.8 Å². The van der Waals surface area contributed by atoms with E-state index in [0.717, 1.165) is 5.56 Å². The number of aliphatic hydroxyl groups excluding tert-OH is 1. The number of anilines is 1. The minimum atomic E-state index is -0.867. The second-order valence-corrected chi connectivity index (χ2v) is 10.7. The van der Waals surface area contributed by atoms with E-state index in [1.54, 1.807) is 76.1 Å². The van der Waals surface area contributed by atoms with Crippen molar-refractivity contribution in [3.05, 3.63) is 53.6 Å². The molecular formula is C27H32N4O7. The number of rotatable bonds is 8. The van der Waals surface area contributed by atoms with Crippen molar-refractivity contribution in [1.82, 2.24) is 14.5 Å². The second kappa shape index (κ2) is 10.4. The summed E-state index contributed by atoms with van der Waals surface area (Å²) in [5.74, 6) is -2.06. The lowest BCUT2D eigenvalue weighted by atomic mass is 9.82. The number of nitrogens with zero attached hydrogens (tertiary/aromatic N) is 3.